The molecule has 2 aromatic carbocycles. The lowest BCUT2D eigenvalue weighted by Crippen LogP contribution is -2.46. The van der Waals surface area contributed by atoms with Crippen LogP contribution in [0, 0.1) is 0 Å². The summed E-state index contributed by atoms with van der Waals surface area (Å²) < 4.78 is 5.60. The Morgan fingerprint density at radius 2 is 1.69 bits per heavy atom. The molecule has 0 aliphatic rings. The molecule has 0 radical (unpaired) electrons. The van der Waals surface area contributed by atoms with Gasteiger partial charge in [-0.1, -0.05) is 25.5 Å². The molecular weight excluding hydrogens is 368 g/mol. The van der Waals surface area contributed by atoms with Gasteiger partial charge in [0.15, 0.2) is 0 Å². The Bertz CT molecular complexity index is 799. The summed E-state index contributed by atoms with van der Waals surface area (Å²) in [6.45, 7) is 6.16. The van der Waals surface area contributed by atoms with E-state index in [-0.39, 0.29) is 24.8 Å². The van der Waals surface area contributed by atoms with Crippen molar-refractivity contribution in [2.75, 3.05) is 18.5 Å². The molecule has 2 rings (SSSR count). The first-order valence-corrected chi connectivity index (χ1v) is 9.88. The van der Waals surface area contributed by atoms with Crippen molar-refractivity contribution in [2.24, 2.45) is 0 Å². The van der Waals surface area contributed by atoms with Crippen LogP contribution in [0.1, 0.15) is 49.5 Å². The number of carbonyl (C=O) groups excluding carboxylic acids is 2. The van der Waals surface area contributed by atoms with Crippen molar-refractivity contribution in [3.8, 4) is 5.75 Å². The number of unbranched alkanes of at least 4 members (excludes halogenated alkanes) is 1. The molecule has 0 fully saturated rings. The van der Waals surface area contributed by atoms with E-state index in [1.165, 1.54) is 0 Å². The highest BCUT2D eigenvalue weighted by molar-refractivity contribution is 6.04. The molecular formula is C23H30N2O4. The number of aliphatic hydroxyl groups is 1. The van der Waals surface area contributed by atoms with Gasteiger partial charge < -0.3 is 20.5 Å². The molecule has 0 aliphatic heterocycles. The van der Waals surface area contributed by atoms with E-state index in [0.29, 0.717) is 17.9 Å². The minimum atomic E-state index is -0.651. The van der Waals surface area contributed by atoms with Crippen LogP contribution in [0.3, 0.4) is 0 Å². The number of ether oxygens (including phenoxy) is 1. The zero-order valence-corrected chi connectivity index (χ0v) is 17.3. The first-order valence-electron chi connectivity index (χ1n) is 9.88. The molecule has 0 spiro atoms. The maximum Gasteiger partial charge on any atom is 0.255 e. The van der Waals surface area contributed by atoms with Crippen molar-refractivity contribution in [1.82, 2.24) is 5.32 Å². The third kappa shape index (κ3) is 7.58. The fourth-order valence-corrected chi connectivity index (χ4v) is 2.59. The minimum absolute atomic E-state index is 0.129. The SMILES string of the molecule is CCCCOc1ccc(C(=O)Nc2ccc(CC(=O)NC(C)(C)CO)cc2)cc1. The van der Waals surface area contributed by atoms with E-state index in [1.807, 2.05) is 0 Å². The zero-order chi connectivity index (χ0) is 21.3. The Balaban J connectivity index is 1.88. The average molecular weight is 399 g/mol. The lowest BCUT2D eigenvalue weighted by Gasteiger charge is -2.23. The third-order valence-electron chi connectivity index (χ3n) is 4.33. The van der Waals surface area contributed by atoms with Crippen molar-refractivity contribution >= 4 is 17.5 Å². The molecule has 0 saturated carbocycles. The molecule has 0 aliphatic carbocycles. The summed E-state index contributed by atoms with van der Waals surface area (Å²) in [5.74, 6) is 0.379. The lowest BCUT2D eigenvalue weighted by molar-refractivity contribution is -0.122. The van der Waals surface area contributed by atoms with E-state index < -0.39 is 5.54 Å². The van der Waals surface area contributed by atoms with Gasteiger partial charge in [-0.2, -0.15) is 0 Å². The molecule has 0 saturated heterocycles. The lowest BCUT2D eigenvalue weighted by atomic mass is 10.1. The van der Waals surface area contributed by atoms with E-state index in [4.69, 9.17) is 4.74 Å². The third-order valence-corrected chi connectivity index (χ3v) is 4.33. The number of hydrogen-bond acceptors (Lipinski definition) is 4. The van der Waals surface area contributed by atoms with Gasteiger partial charge in [0.25, 0.3) is 5.91 Å². The van der Waals surface area contributed by atoms with Crippen molar-refractivity contribution in [3.63, 3.8) is 0 Å². The summed E-state index contributed by atoms with van der Waals surface area (Å²) in [6.07, 6.45) is 2.28. The van der Waals surface area contributed by atoms with Gasteiger partial charge in [0, 0.05) is 11.3 Å². The number of aliphatic hydroxyl groups excluding tert-OH is 1. The Labute approximate surface area is 172 Å². The number of carbonyl (C=O) groups is 2. The Morgan fingerprint density at radius 3 is 2.28 bits per heavy atom. The average Bonchev–Trinajstić information content (AvgIpc) is 2.70. The Morgan fingerprint density at radius 1 is 1.03 bits per heavy atom. The van der Waals surface area contributed by atoms with E-state index in [2.05, 4.69) is 17.6 Å². The fraction of sp³-hybridized carbons (Fsp3) is 0.391. The second kappa shape index (κ2) is 10.6. The van der Waals surface area contributed by atoms with Crippen molar-refractivity contribution in [3.05, 3.63) is 59.7 Å². The van der Waals surface area contributed by atoms with Gasteiger partial charge in [0.05, 0.1) is 25.2 Å². The number of anilines is 1. The molecule has 2 aromatic rings. The molecule has 6 nitrogen and oxygen atoms in total. The fourth-order valence-electron chi connectivity index (χ4n) is 2.59. The standard InChI is InChI=1S/C23H30N2O4/c1-4-5-14-29-20-12-8-18(9-13-20)22(28)24-19-10-6-17(7-11-19)15-21(27)25-23(2,3)16-26/h6-13,26H,4-5,14-16H2,1-3H3,(H,24,28)(H,25,27). The monoisotopic (exact) mass is 398 g/mol. The number of hydrogen-bond donors (Lipinski definition) is 3. The Kier molecular flexibility index (Phi) is 8.21. The van der Waals surface area contributed by atoms with Crippen LogP contribution in [0.25, 0.3) is 0 Å². The van der Waals surface area contributed by atoms with Gasteiger partial charge in [-0.15, -0.1) is 0 Å². The van der Waals surface area contributed by atoms with Crippen LogP contribution in [0.15, 0.2) is 48.5 Å². The summed E-state index contributed by atoms with van der Waals surface area (Å²) in [6, 6.07) is 14.2. The van der Waals surface area contributed by atoms with E-state index in [1.54, 1.807) is 62.4 Å². The van der Waals surface area contributed by atoms with Gasteiger partial charge in [0.2, 0.25) is 5.91 Å². The molecule has 0 unspecified atom stereocenters. The minimum Gasteiger partial charge on any atom is -0.494 e. The molecule has 2 amide bonds. The molecule has 6 heteroatoms. The highest BCUT2D eigenvalue weighted by Crippen LogP contribution is 2.16. The van der Waals surface area contributed by atoms with Crippen LogP contribution in [0.4, 0.5) is 5.69 Å². The topological polar surface area (TPSA) is 87.7 Å². The van der Waals surface area contributed by atoms with Gasteiger partial charge in [-0.05, 0) is 62.2 Å². The van der Waals surface area contributed by atoms with Crippen molar-refractivity contribution in [1.29, 1.82) is 0 Å². The molecule has 0 bridgehead atoms. The predicted octanol–water partition coefficient (Wildman–Crippen LogP) is 3.55. The van der Waals surface area contributed by atoms with Gasteiger partial charge in [-0.3, -0.25) is 9.59 Å². The van der Waals surface area contributed by atoms with Crippen molar-refractivity contribution in [2.45, 2.75) is 45.6 Å². The molecule has 0 heterocycles. The smallest absolute Gasteiger partial charge is 0.255 e. The first-order chi connectivity index (χ1) is 13.8. The Hall–Kier alpha value is -2.86. The van der Waals surface area contributed by atoms with E-state index >= 15 is 0 Å². The van der Waals surface area contributed by atoms with Crippen LogP contribution >= 0.6 is 0 Å². The predicted molar refractivity (Wildman–Crippen MR) is 114 cm³/mol. The molecule has 156 valence electrons. The second-order valence-corrected chi connectivity index (χ2v) is 7.64. The summed E-state index contributed by atoms with van der Waals surface area (Å²) in [5.41, 5.74) is 1.37. The van der Waals surface area contributed by atoms with Crippen LogP contribution < -0.4 is 15.4 Å². The summed E-state index contributed by atoms with van der Waals surface area (Å²) >= 11 is 0. The summed E-state index contributed by atoms with van der Waals surface area (Å²) in [5, 5.41) is 14.8. The van der Waals surface area contributed by atoms with Crippen molar-refractivity contribution < 1.29 is 19.4 Å². The van der Waals surface area contributed by atoms with Gasteiger partial charge in [0.1, 0.15) is 5.75 Å². The van der Waals surface area contributed by atoms with Gasteiger partial charge in [-0.25, -0.2) is 0 Å². The molecule has 3 N–H and O–H groups in total. The second-order valence-electron chi connectivity index (χ2n) is 7.64. The normalized spacial score (nSPS) is 11.0. The highest BCUT2D eigenvalue weighted by atomic mass is 16.5. The maximum absolute atomic E-state index is 12.4. The first kappa shape index (κ1) is 22.4. The number of amides is 2. The highest BCUT2D eigenvalue weighted by Gasteiger charge is 2.19. The van der Waals surface area contributed by atoms with E-state index in [0.717, 1.165) is 24.2 Å². The van der Waals surface area contributed by atoms with E-state index in [9.17, 15) is 14.7 Å². The van der Waals surface area contributed by atoms with Gasteiger partial charge >= 0.3 is 0 Å². The summed E-state index contributed by atoms with van der Waals surface area (Å²) in [4.78, 5) is 24.4. The zero-order valence-electron chi connectivity index (χ0n) is 17.3. The quantitative estimate of drug-likeness (QED) is 0.534. The van der Waals surface area contributed by atoms with Crippen LogP contribution in [-0.4, -0.2) is 35.7 Å². The molecule has 0 aromatic heterocycles. The molecule has 29 heavy (non-hydrogen) atoms. The largest absolute Gasteiger partial charge is 0.494 e. The number of rotatable bonds is 10. The van der Waals surface area contributed by atoms with Crippen LogP contribution in [-0.2, 0) is 11.2 Å². The van der Waals surface area contributed by atoms with Crippen LogP contribution in [0.5, 0.6) is 5.75 Å². The number of benzene rings is 2. The molecule has 0 atom stereocenters. The van der Waals surface area contributed by atoms with Crippen LogP contribution in [0.2, 0.25) is 0 Å². The summed E-state index contributed by atoms with van der Waals surface area (Å²) in [7, 11) is 0. The number of nitrogens with one attached hydrogen (secondary N) is 2. The maximum atomic E-state index is 12.4.